The molecule has 0 spiro atoms. The molecule has 1 amide bonds. The van der Waals surface area contributed by atoms with Crippen LogP contribution in [0.15, 0.2) is 18.2 Å². The highest BCUT2D eigenvalue weighted by Crippen LogP contribution is 2.45. The fourth-order valence-electron chi connectivity index (χ4n) is 2.97. The van der Waals surface area contributed by atoms with E-state index in [9.17, 15) is 4.79 Å². The van der Waals surface area contributed by atoms with Gasteiger partial charge in [0.2, 0.25) is 5.91 Å². The first-order chi connectivity index (χ1) is 8.60. The molecule has 1 aromatic rings. The van der Waals surface area contributed by atoms with Crippen molar-refractivity contribution in [2.24, 2.45) is 11.8 Å². The van der Waals surface area contributed by atoms with Gasteiger partial charge in [-0.25, -0.2) is 0 Å². The zero-order chi connectivity index (χ0) is 13.3. The van der Waals surface area contributed by atoms with Gasteiger partial charge in [-0.05, 0) is 23.5 Å². The molecule has 0 saturated heterocycles. The van der Waals surface area contributed by atoms with Crippen molar-refractivity contribution in [1.29, 1.82) is 0 Å². The predicted molar refractivity (Wildman–Crippen MR) is 73.0 cm³/mol. The summed E-state index contributed by atoms with van der Waals surface area (Å²) in [5.41, 5.74) is 1.94. The first-order valence-corrected chi connectivity index (χ1v) is 6.57. The Bertz CT molecular complexity index is 454. The van der Waals surface area contributed by atoms with Gasteiger partial charge in [-0.2, -0.15) is 0 Å². The highest BCUT2D eigenvalue weighted by Gasteiger charge is 2.38. The van der Waals surface area contributed by atoms with Crippen LogP contribution in [0.2, 0.25) is 0 Å². The quantitative estimate of drug-likeness (QED) is 0.885. The summed E-state index contributed by atoms with van der Waals surface area (Å²) in [5, 5.41) is 2.97. The van der Waals surface area contributed by atoms with E-state index < -0.39 is 0 Å². The second-order valence-electron chi connectivity index (χ2n) is 5.21. The Labute approximate surface area is 109 Å². The van der Waals surface area contributed by atoms with Crippen LogP contribution >= 0.6 is 0 Å². The van der Waals surface area contributed by atoms with Gasteiger partial charge in [-0.15, -0.1) is 0 Å². The Balaban J connectivity index is 2.45. The van der Waals surface area contributed by atoms with Crippen LogP contribution in [0.3, 0.4) is 0 Å². The number of ether oxygens (including phenoxy) is 1. The predicted octanol–water partition coefficient (Wildman–Crippen LogP) is 3.41. The van der Waals surface area contributed by atoms with E-state index in [-0.39, 0.29) is 11.8 Å². The van der Waals surface area contributed by atoms with E-state index in [0.717, 1.165) is 23.4 Å². The van der Waals surface area contributed by atoms with Crippen LogP contribution in [0.4, 0.5) is 5.69 Å². The number of anilines is 1. The molecule has 3 nitrogen and oxygen atoms in total. The summed E-state index contributed by atoms with van der Waals surface area (Å²) >= 11 is 0. The molecule has 0 aliphatic carbocycles. The van der Waals surface area contributed by atoms with Gasteiger partial charge in [0.1, 0.15) is 5.75 Å². The number of amides is 1. The maximum absolute atomic E-state index is 12.2. The van der Waals surface area contributed by atoms with Crippen LogP contribution in [0, 0.1) is 11.8 Å². The Morgan fingerprint density at radius 1 is 1.39 bits per heavy atom. The molecule has 1 aliphatic heterocycles. The van der Waals surface area contributed by atoms with Gasteiger partial charge >= 0.3 is 0 Å². The molecule has 3 heteroatoms. The molecule has 0 radical (unpaired) electrons. The van der Waals surface area contributed by atoms with Crippen molar-refractivity contribution in [2.45, 2.75) is 33.1 Å². The fourth-order valence-corrected chi connectivity index (χ4v) is 2.97. The molecule has 1 heterocycles. The topological polar surface area (TPSA) is 38.3 Å². The van der Waals surface area contributed by atoms with Gasteiger partial charge in [0.25, 0.3) is 0 Å². The standard InChI is InChI=1S/C15H21NO2/c1-5-10(9(2)3)13-11-7-6-8-12(18-4)14(11)16-15(13)17/h6-10,13H,5H2,1-4H3,(H,16,17). The van der Waals surface area contributed by atoms with Crippen molar-refractivity contribution < 1.29 is 9.53 Å². The second-order valence-corrected chi connectivity index (χ2v) is 5.21. The first-order valence-electron chi connectivity index (χ1n) is 6.57. The molecular formula is C15H21NO2. The third-order valence-corrected chi connectivity index (χ3v) is 3.90. The molecule has 1 aromatic carbocycles. The molecule has 2 atom stereocenters. The van der Waals surface area contributed by atoms with Gasteiger partial charge in [0.15, 0.2) is 0 Å². The monoisotopic (exact) mass is 247 g/mol. The summed E-state index contributed by atoms with van der Waals surface area (Å²) in [4.78, 5) is 12.2. The Morgan fingerprint density at radius 3 is 2.67 bits per heavy atom. The molecular weight excluding hydrogens is 226 g/mol. The van der Waals surface area contributed by atoms with Gasteiger partial charge in [0, 0.05) is 0 Å². The van der Waals surface area contributed by atoms with Gasteiger partial charge < -0.3 is 10.1 Å². The van der Waals surface area contributed by atoms with Crippen LogP contribution in [0.25, 0.3) is 0 Å². The normalized spacial score (nSPS) is 19.6. The summed E-state index contributed by atoms with van der Waals surface area (Å²) < 4.78 is 5.31. The molecule has 0 aromatic heterocycles. The minimum Gasteiger partial charge on any atom is -0.495 e. The van der Waals surface area contributed by atoms with Gasteiger partial charge in [0.05, 0.1) is 18.7 Å². The van der Waals surface area contributed by atoms with E-state index in [4.69, 9.17) is 4.74 Å². The maximum Gasteiger partial charge on any atom is 0.232 e. The molecule has 0 bridgehead atoms. The van der Waals surface area contributed by atoms with Crippen molar-refractivity contribution in [3.63, 3.8) is 0 Å². The lowest BCUT2D eigenvalue weighted by atomic mass is 9.78. The van der Waals surface area contributed by atoms with E-state index >= 15 is 0 Å². The average Bonchev–Trinajstić information content (AvgIpc) is 2.67. The van der Waals surface area contributed by atoms with Crippen LogP contribution < -0.4 is 10.1 Å². The van der Waals surface area contributed by atoms with Crippen LogP contribution in [-0.4, -0.2) is 13.0 Å². The van der Waals surface area contributed by atoms with E-state index in [0.29, 0.717) is 11.8 Å². The Kier molecular flexibility index (Phi) is 3.60. The van der Waals surface area contributed by atoms with E-state index in [1.807, 2.05) is 18.2 Å². The molecule has 0 fully saturated rings. The summed E-state index contributed by atoms with van der Waals surface area (Å²) in [7, 11) is 1.63. The number of benzene rings is 1. The second kappa shape index (κ2) is 5.01. The lowest BCUT2D eigenvalue weighted by molar-refractivity contribution is -0.118. The molecule has 1 N–H and O–H groups in total. The number of hydrogen-bond donors (Lipinski definition) is 1. The Morgan fingerprint density at radius 2 is 2.11 bits per heavy atom. The molecule has 2 unspecified atom stereocenters. The van der Waals surface area contributed by atoms with E-state index in [1.54, 1.807) is 7.11 Å². The minimum atomic E-state index is -0.0416. The number of rotatable bonds is 4. The van der Waals surface area contributed by atoms with Crippen molar-refractivity contribution in [3.05, 3.63) is 23.8 Å². The summed E-state index contributed by atoms with van der Waals surface area (Å²) in [6.07, 6.45) is 1.01. The van der Waals surface area contributed by atoms with E-state index in [2.05, 4.69) is 26.1 Å². The fraction of sp³-hybridized carbons (Fsp3) is 0.533. The zero-order valence-electron chi connectivity index (χ0n) is 11.5. The van der Waals surface area contributed by atoms with Crippen LogP contribution in [-0.2, 0) is 4.79 Å². The zero-order valence-corrected chi connectivity index (χ0v) is 11.5. The summed E-state index contributed by atoms with van der Waals surface area (Å²) in [6.45, 7) is 6.51. The highest BCUT2D eigenvalue weighted by atomic mass is 16.5. The summed E-state index contributed by atoms with van der Waals surface area (Å²) in [5.74, 6) is 1.68. The third kappa shape index (κ3) is 1.98. The third-order valence-electron chi connectivity index (χ3n) is 3.90. The average molecular weight is 247 g/mol. The molecule has 1 aliphatic rings. The number of fused-ring (bicyclic) bond motifs is 1. The molecule has 2 rings (SSSR count). The first kappa shape index (κ1) is 12.9. The van der Waals surface area contributed by atoms with Gasteiger partial charge in [-0.1, -0.05) is 39.3 Å². The number of carbonyl (C=O) groups excluding carboxylic acids is 1. The van der Waals surface area contributed by atoms with Crippen LogP contribution in [0.5, 0.6) is 5.75 Å². The number of hydrogen-bond acceptors (Lipinski definition) is 2. The largest absolute Gasteiger partial charge is 0.495 e. The van der Waals surface area contributed by atoms with Gasteiger partial charge in [-0.3, -0.25) is 4.79 Å². The van der Waals surface area contributed by atoms with Crippen molar-refractivity contribution in [1.82, 2.24) is 0 Å². The van der Waals surface area contributed by atoms with Crippen molar-refractivity contribution >= 4 is 11.6 Å². The number of carbonyl (C=O) groups is 1. The SMILES string of the molecule is CCC(C(C)C)C1C(=O)Nc2c(OC)cccc21. The lowest BCUT2D eigenvalue weighted by Gasteiger charge is -2.24. The number of methoxy groups -OCH3 is 1. The number of para-hydroxylation sites is 1. The van der Waals surface area contributed by atoms with Crippen molar-refractivity contribution in [3.8, 4) is 5.75 Å². The lowest BCUT2D eigenvalue weighted by Crippen LogP contribution is -2.24. The maximum atomic E-state index is 12.2. The van der Waals surface area contributed by atoms with Crippen LogP contribution in [0.1, 0.15) is 38.7 Å². The minimum absolute atomic E-state index is 0.0416. The molecule has 18 heavy (non-hydrogen) atoms. The van der Waals surface area contributed by atoms with E-state index in [1.165, 1.54) is 0 Å². The number of nitrogens with one attached hydrogen (secondary N) is 1. The Hall–Kier alpha value is -1.51. The summed E-state index contributed by atoms with van der Waals surface area (Å²) in [6, 6.07) is 5.88. The molecule has 98 valence electrons. The highest BCUT2D eigenvalue weighted by molar-refractivity contribution is 6.04. The molecule has 0 saturated carbocycles. The van der Waals surface area contributed by atoms with Crippen molar-refractivity contribution in [2.75, 3.05) is 12.4 Å². The smallest absolute Gasteiger partial charge is 0.232 e.